The smallest absolute Gasteiger partial charge is 0.272 e. The highest BCUT2D eigenvalue weighted by molar-refractivity contribution is 8.01. The van der Waals surface area contributed by atoms with Crippen LogP contribution < -0.4 is 4.90 Å². The lowest BCUT2D eigenvalue weighted by atomic mass is 10.3. The number of benzene rings is 1. The quantitative estimate of drug-likeness (QED) is 0.624. The molecule has 116 valence electrons. The van der Waals surface area contributed by atoms with Crippen LogP contribution in [0.4, 0.5) is 15.2 Å². The van der Waals surface area contributed by atoms with Gasteiger partial charge in [-0.25, -0.2) is 4.39 Å². The van der Waals surface area contributed by atoms with E-state index in [-0.39, 0.29) is 10.6 Å². The van der Waals surface area contributed by atoms with E-state index in [1.54, 1.807) is 0 Å². The summed E-state index contributed by atoms with van der Waals surface area (Å²) in [7, 11) is 0. The molecule has 1 aromatic heterocycles. The number of hydrogen-bond acceptors (Lipinski definition) is 8. The first-order valence-electron chi connectivity index (χ1n) is 6.41. The van der Waals surface area contributed by atoms with Gasteiger partial charge in [0.25, 0.3) is 5.69 Å². The first kappa shape index (κ1) is 15.1. The maximum atomic E-state index is 13.9. The highest BCUT2D eigenvalue weighted by Gasteiger charge is 2.18. The number of non-ortho nitro benzene ring substituents is 1. The Morgan fingerprint density at radius 2 is 2.14 bits per heavy atom. The van der Waals surface area contributed by atoms with Crippen molar-refractivity contribution in [1.82, 2.24) is 10.2 Å². The number of morpholine rings is 1. The van der Waals surface area contributed by atoms with Gasteiger partial charge in [0.2, 0.25) is 5.13 Å². The van der Waals surface area contributed by atoms with E-state index < -0.39 is 10.7 Å². The molecular formula is C12H11FN4O3S2. The number of halogens is 1. The SMILES string of the molecule is O=[N+]([O-])c1ccc(Sc2nnc(N3CCOCC3)s2)c(F)c1. The second-order valence-corrected chi connectivity index (χ2v) is 6.67. The third kappa shape index (κ3) is 3.34. The molecule has 0 saturated carbocycles. The maximum absolute atomic E-state index is 13.9. The van der Waals surface area contributed by atoms with Crippen molar-refractivity contribution < 1.29 is 14.1 Å². The van der Waals surface area contributed by atoms with Gasteiger partial charge in [-0.2, -0.15) is 0 Å². The van der Waals surface area contributed by atoms with Gasteiger partial charge in [0, 0.05) is 19.2 Å². The van der Waals surface area contributed by atoms with E-state index >= 15 is 0 Å². The number of anilines is 1. The molecule has 0 radical (unpaired) electrons. The third-order valence-electron chi connectivity index (χ3n) is 3.00. The number of ether oxygens (including phenoxy) is 1. The van der Waals surface area contributed by atoms with Crippen molar-refractivity contribution in [3.8, 4) is 0 Å². The van der Waals surface area contributed by atoms with Gasteiger partial charge in [0.15, 0.2) is 4.34 Å². The largest absolute Gasteiger partial charge is 0.378 e. The lowest BCUT2D eigenvalue weighted by molar-refractivity contribution is -0.385. The number of nitro benzene ring substituents is 1. The molecule has 22 heavy (non-hydrogen) atoms. The molecule has 0 unspecified atom stereocenters. The van der Waals surface area contributed by atoms with Crippen LogP contribution in [0.1, 0.15) is 0 Å². The van der Waals surface area contributed by atoms with E-state index in [9.17, 15) is 14.5 Å². The lowest BCUT2D eigenvalue weighted by Gasteiger charge is -2.25. The first-order chi connectivity index (χ1) is 10.6. The molecule has 0 bridgehead atoms. The monoisotopic (exact) mass is 342 g/mol. The fourth-order valence-corrected chi connectivity index (χ4v) is 3.76. The molecule has 1 fully saturated rings. The van der Waals surface area contributed by atoms with Crippen molar-refractivity contribution in [2.45, 2.75) is 9.24 Å². The second kappa shape index (κ2) is 6.55. The summed E-state index contributed by atoms with van der Waals surface area (Å²) in [5.41, 5.74) is -0.270. The zero-order chi connectivity index (χ0) is 15.5. The number of nitrogens with zero attached hydrogens (tertiary/aromatic N) is 4. The van der Waals surface area contributed by atoms with E-state index in [1.165, 1.54) is 23.5 Å². The predicted octanol–water partition coefficient (Wildman–Crippen LogP) is 2.57. The Labute approximate surface area is 133 Å². The van der Waals surface area contributed by atoms with E-state index in [0.29, 0.717) is 17.6 Å². The molecule has 1 aliphatic rings. The van der Waals surface area contributed by atoms with Crippen LogP contribution in [0.25, 0.3) is 0 Å². The van der Waals surface area contributed by atoms with Crippen LogP contribution >= 0.6 is 23.1 Å². The first-order valence-corrected chi connectivity index (χ1v) is 8.05. The average Bonchev–Trinajstić information content (AvgIpc) is 2.98. The van der Waals surface area contributed by atoms with Crippen LogP contribution in [0.5, 0.6) is 0 Å². The van der Waals surface area contributed by atoms with E-state index in [4.69, 9.17) is 4.74 Å². The Bertz CT molecular complexity index is 691. The molecule has 0 aliphatic carbocycles. The van der Waals surface area contributed by atoms with Crippen molar-refractivity contribution in [2.24, 2.45) is 0 Å². The van der Waals surface area contributed by atoms with Gasteiger partial charge in [-0.15, -0.1) is 10.2 Å². The summed E-state index contributed by atoms with van der Waals surface area (Å²) in [6.45, 7) is 2.81. The van der Waals surface area contributed by atoms with Crippen LogP contribution in [0.2, 0.25) is 0 Å². The van der Waals surface area contributed by atoms with Crippen LogP contribution in [0.3, 0.4) is 0 Å². The Morgan fingerprint density at radius 3 is 2.82 bits per heavy atom. The molecule has 1 aliphatic heterocycles. The summed E-state index contributed by atoms with van der Waals surface area (Å²) in [4.78, 5) is 12.3. The van der Waals surface area contributed by atoms with Gasteiger partial charge in [-0.3, -0.25) is 10.1 Å². The predicted molar refractivity (Wildman–Crippen MR) is 80.1 cm³/mol. The molecule has 3 rings (SSSR count). The normalized spacial score (nSPS) is 15.0. The highest BCUT2D eigenvalue weighted by Crippen LogP contribution is 2.35. The van der Waals surface area contributed by atoms with Crippen LogP contribution in [-0.4, -0.2) is 41.4 Å². The number of rotatable bonds is 4. The molecule has 0 amide bonds. The fraction of sp³-hybridized carbons (Fsp3) is 0.333. The maximum Gasteiger partial charge on any atom is 0.272 e. The van der Waals surface area contributed by atoms with Crippen LogP contribution in [-0.2, 0) is 4.74 Å². The van der Waals surface area contributed by atoms with Gasteiger partial charge in [0.05, 0.1) is 29.1 Å². The Hall–Kier alpha value is -1.78. The Balaban J connectivity index is 1.73. The van der Waals surface area contributed by atoms with Crippen molar-refractivity contribution in [1.29, 1.82) is 0 Å². The van der Waals surface area contributed by atoms with E-state index in [1.807, 2.05) is 0 Å². The Kier molecular flexibility index (Phi) is 4.50. The molecule has 10 heteroatoms. The topological polar surface area (TPSA) is 81.4 Å². The summed E-state index contributed by atoms with van der Waals surface area (Å²) in [6, 6.07) is 3.57. The third-order valence-corrected chi connectivity index (χ3v) is 5.09. The molecule has 1 saturated heterocycles. The van der Waals surface area contributed by atoms with Gasteiger partial charge in [-0.1, -0.05) is 23.1 Å². The molecule has 0 spiro atoms. The molecule has 2 aromatic rings. The molecular weight excluding hydrogens is 331 g/mol. The average molecular weight is 342 g/mol. The number of hydrogen-bond donors (Lipinski definition) is 0. The lowest BCUT2D eigenvalue weighted by Crippen LogP contribution is -2.36. The summed E-state index contributed by atoms with van der Waals surface area (Å²) in [5, 5.41) is 19.5. The van der Waals surface area contributed by atoms with Crippen LogP contribution in [0.15, 0.2) is 27.4 Å². The number of aromatic nitrogens is 2. The van der Waals surface area contributed by atoms with E-state index in [0.717, 1.165) is 36.0 Å². The minimum Gasteiger partial charge on any atom is -0.378 e. The standard InChI is InChI=1S/C12H11FN4O3S2/c13-9-7-8(17(18)19)1-2-10(9)21-12-15-14-11(22-12)16-3-5-20-6-4-16/h1-2,7H,3-6H2. The zero-order valence-corrected chi connectivity index (χ0v) is 12.9. The molecule has 2 heterocycles. The van der Waals surface area contributed by atoms with Crippen molar-refractivity contribution in [2.75, 3.05) is 31.2 Å². The second-order valence-electron chi connectivity index (χ2n) is 4.42. The van der Waals surface area contributed by atoms with Gasteiger partial charge in [-0.05, 0) is 6.07 Å². The van der Waals surface area contributed by atoms with Crippen molar-refractivity contribution in [3.05, 3.63) is 34.1 Å². The van der Waals surface area contributed by atoms with Gasteiger partial charge >= 0.3 is 0 Å². The highest BCUT2D eigenvalue weighted by atomic mass is 32.2. The minimum atomic E-state index is -0.637. The zero-order valence-electron chi connectivity index (χ0n) is 11.3. The van der Waals surface area contributed by atoms with E-state index in [2.05, 4.69) is 15.1 Å². The summed E-state index contributed by atoms with van der Waals surface area (Å²) in [5.74, 6) is -0.637. The van der Waals surface area contributed by atoms with Crippen LogP contribution in [0, 0.1) is 15.9 Å². The Morgan fingerprint density at radius 1 is 1.36 bits per heavy atom. The minimum absolute atomic E-state index is 0.270. The van der Waals surface area contributed by atoms with Gasteiger partial charge in [0.1, 0.15) is 5.82 Å². The molecule has 1 aromatic carbocycles. The molecule has 0 N–H and O–H groups in total. The molecule has 0 atom stereocenters. The summed E-state index contributed by atoms with van der Waals surface area (Å²) in [6.07, 6.45) is 0. The molecule has 7 nitrogen and oxygen atoms in total. The summed E-state index contributed by atoms with van der Waals surface area (Å²) >= 11 is 2.47. The number of nitro groups is 1. The summed E-state index contributed by atoms with van der Waals surface area (Å²) < 4.78 is 19.7. The van der Waals surface area contributed by atoms with Crippen molar-refractivity contribution >= 4 is 33.9 Å². The fourth-order valence-electron chi connectivity index (χ4n) is 1.91. The van der Waals surface area contributed by atoms with Crippen molar-refractivity contribution in [3.63, 3.8) is 0 Å². The van der Waals surface area contributed by atoms with Gasteiger partial charge < -0.3 is 9.64 Å².